The highest BCUT2D eigenvalue weighted by Gasteiger charge is 2.23. The molecule has 0 heterocycles. The predicted octanol–water partition coefficient (Wildman–Crippen LogP) is 2.27. The molecule has 5 heteroatoms. The quantitative estimate of drug-likeness (QED) is 0.832. The number of hydrogen-bond acceptors (Lipinski definition) is 3. The van der Waals surface area contributed by atoms with Crippen molar-refractivity contribution in [3.05, 3.63) is 29.8 Å². The zero-order chi connectivity index (χ0) is 13.9. The first-order chi connectivity index (χ1) is 8.94. The maximum atomic E-state index is 12.1. The van der Waals surface area contributed by atoms with Gasteiger partial charge in [0.15, 0.2) is 0 Å². The third kappa shape index (κ3) is 4.51. The van der Waals surface area contributed by atoms with Gasteiger partial charge in [-0.05, 0) is 36.5 Å². The van der Waals surface area contributed by atoms with E-state index in [1.165, 1.54) is 6.42 Å². The highest BCUT2D eigenvalue weighted by Crippen LogP contribution is 2.24. The van der Waals surface area contributed by atoms with E-state index in [2.05, 4.69) is 11.6 Å². The Morgan fingerprint density at radius 2 is 1.95 bits per heavy atom. The van der Waals surface area contributed by atoms with Gasteiger partial charge in [-0.25, -0.2) is 13.1 Å². The Morgan fingerprint density at radius 1 is 1.26 bits per heavy atom. The number of nitrogens with one attached hydrogen (secondary N) is 1. The lowest BCUT2D eigenvalue weighted by molar-refractivity contribution is 0.327. The van der Waals surface area contributed by atoms with Crippen LogP contribution in [0.5, 0.6) is 0 Å². The molecule has 2 rings (SSSR count). The molecule has 2 atom stereocenters. The third-order valence-corrected chi connectivity index (χ3v) is 5.02. The molecule has 1 aromatic rings. The fourth-order valence-electron chi connectivity index (χ4n) is 2.67. The van der Waals surface area contributed by atoms with Gasteiger partial charge in [0.1, 0.15) is 0 Å². The van der Waals surface area contributed by atoms with Gasteiger partial charge in [0.2, 0.25) is 10.0 Å². The average Bonchev–Trinajstić information content (AvgIpc) is 2.31. The number of nitrogens with two attached hydrogens (primary N) is 1. The van der Waals surface area contributed by atoms with E-state index >= 15 is 0 Å². The smallest absolute Gasteiger partial charge is 0.216 e. The molecule has 4 nitrogen and oxygen atoms in total. The summed E-state index contributed by atoms with van der Waals surface area (Å²) < 4.78 is 27.1. The molecule has 1 aliphatic carbocycles. The van der Waals surface area contributed by atoms with Crippen LogP contribution in [0.15, 0.2) is 24.3 Å². The van der Waals surface area contributed by atoms with E-state index in [-0.39, 0.29) is 11.8 Å². The van der Waals surface area contributed by atoms with Crippen molar-refractivity contribution in [2.75, 3.05) is 5.73 Å². The molecular formula is C14H22N2O2S. The van der Waals surface area contributed by atoms with Gasteiger partial charge in [-0.1, -0.05) is 31.9 Å². The van der Waals surface area contributed by atoms with Crippen molar-refractivity contribution in [2.24, 2.45) is 5.92 Å². The highest BCUT2D eigenvalue weighted by atomic mass is 32.2. The lowest BCUT2D eigenvalue weighted by Crippen LogP contribution is -2.38. The summed E-state index contributed by atoms with van der Waals surface area (Å²) in [5.41, 5.74) is 7.01. The second-order valence-electron chi connectivity index (χ2n) is 5.59. The number of sulfonamides is 1. The molecule has 1 saturated carbocycles. The maximum Gasteiger partial charge on any atom is 0.216 e. The number of anilines is 1. The fourth-order valence-corrected chi connectivity index (χ4v) is 4.11. The highest BCUT2D eigenvalue weighted by molar-refractivity contribution is 7.88. The Bertz CT molecular complexity index is 511. The number of rotatable bonds is 4. The van der Waals surface area contributed by atoms with Crippen molar-refractivity contribution < 1.29 is 8.42 Å². The van der Waals surface area contributed by atoms with Crippen molar-refractivity contribution in [1.82, 2.24) is 4.72 Å². The molecule has 2 unspecified atom stereocenters. The van der Waals surface area contributed by atoms with Crippen LogP contribution in [0.25, 0.3) is 0 Å². The first-order valence-electron chi connectivity index (χ1n) is 6.79. The second-order valence-corrected chi connectivity index (χ2v) is 7.34. The SMILES string of the molecule is CC1CCCC(NS(=O)(=O)Cc2ccc(N)cc2)C1. The summed E-state index contributed by atoms with van der Waals surface area (Å²) in [6.45, 7) is 2.18. The molecule has 1 aliphatic rings. The minimum atomic E-state index is -3.26. The summed E-state index contributed by atoms with van der Waals surface area (Å²) in [6.07, 6.45) is 4.21. The van der Waals surface area contributed by atoms with Crippen LogP contribution in [-0.2, 0) is 15.8 Å². The topological polar surface area (TPSA) is 72.2 Å². The first kappa shape index (κ1) is 14.3. The van der Waals surface area contributed by atoms with Gasteiger partial charge < -0.3 is 5.73 Å². The van der Waals surface area contributed by atoms with Gasteiger partial charge in [-0.2, -0.15) is 0 Å². The molecule has 0 aliphatic heterocycles. The van der Waals surface area contributed by atoms with Crippen LogP contribution in [0.4, 0.5) is 5.69 Å². The lowest BCUT2D eigenvalue weighted by Gasteiger charge is -2.27. The summed E-state index contributed by atoms with van der Waals surface area (Å²) in [7, 11) is -3.26. The van der Waals surface area contributed by atoms with E-state index in [1.54, 1.807) is 24.3 Å². The van der Waals surface area contributed by atoms with Crippen LogP contribution >= 0.6 is 0 Å². The van der Waals surface area contributed by atoms with Gasteiger partial charge in [-0.3, -0.25) is 0 Å². The number of benzene rings is 1. The third-order valence-electron chi connectivity index (χ3n) is 3.62. The average molecular weight is 282 g/mol. The van der Waals surface area contributed by atoms with E-state index < -0.39 is 10.0 Å². The minimum Gasteiger partial charge on any atom is -0.399 e. The summed E-state index contributed by atoms with van der Waals surface area (Å²) in [5.74, 6) is 0.635. The molecule has 0 radical (unpaired) electrons. The summed E-state index contributed by atoms with van der Waals surface area (Å²) >= 11 is 0. The van der Waals surface area contributed by atoms with Gasteiger partial charge in [-0.15, -0.1) is 0 Å². The largest absolute Gasteiger partial charge is 0.399 e. The van der Waals surface area contributed by atoms with Crippen LogP contribution in [0.1, 0.15) is 38.2 Å². The Kier molecular flexibility index (Phi) is 4.47. The molecule has 0 aromatic heterocycles. The van der Waals surface area contributed by atoms with Crippen molar-refractivity contribution in [3.8, 4) is 0 Å². The molecule has 0 spiro atoms. The zero-order valence-electron chi connectivity index (χ0n) is 11.3. The zero-order valence-corrected chi connectivity index (χ0v) is 12.1. The monoisotopic (exact) mass is 282 g/mol. The van der Waals surface area contributed by atoms with Crippen LogP contribution in [0.2, 0.25) is 0 Å². The second kappa shape index (κ2) is 5.92. The predicted molar refractivity (Wildman–Crippen MR) is 78.0 cm³/mol. The molecule has 0 bridgehead atoms. The van der Waals surface area contributed by atoms with Gasteiger partial charge in [0, 0.05) is 11.7 Å². The van der Waals surface area contributed by atoms with Crippen LogP contribution < -0.4 is 10.5 Å². The first-order valence-corrected chi connectivity index (χ1v) is 8.44. The van der Waals surface area contributed by atoms with E-state index in [0.29, 0.717) is 11.6 Å². The summed E-state index contributed by atoms with van der Waals surface area (Å²) in [6, 6.07) is 7.08. The van der Waals surface area contributed by atoms with Crippen molar-refractivity contribution in [1.29, 1.82) is 0 Å². The summed E-state index contributed by atoms with van der Waals surface area (Å²) in [5, 5.41) is 0. The molecule has 0 amide bonds. The van der Waals surface area contributed by atoms with Gasteiger partial charge in [0.05, 0.1) is 5.75 Å². The molecule has 1 fully saturated rings. The number of nitrogen functional groups attached to an aromatic ring is 1. The van der Waals surface area contributed by atoms with Crippen molar-refractivity contribution >= 4 is 15.7 Å². The van der Waals surface area contributed by atoms with Crippen molar-refractivity contribution in [3.63, 3.8) is 0 Å². The van der Waals surface area contributed by atoms with Crippen molar-refractivity contribution in [2.45, 2.75) is 44.4 Å². The molecule has 19 heavy (non-hydrogen) atoms. The van der Waals surface area contributed by atoms with Crippen LogP contribution in [-0.4, -0.2) is 14.5 Å². The molecular weight excluding hydrogens is 260 g/mol. The molecule has 1 aromatic carbocycles. The van der Waals surface area contributed by atoms with Gasteiger partial charge >= 0.3 is 0 Å². The van der Waals surface area contributed by atoms with Crippen LogP contribution in [0, 0.1) is 5.92 Å². The van der Waals surface area contributed by atoms with E-state index in [1.807, 2.05) is 0 Å². The molecule has 3 N–H and O–H groups in total. The normalized spacial score (nSPS) is 24.3. The van der Waals surface area contributed by atoms with Crippen LogP contribution in [0.3, 0.4) is 0 Å². The number of hydrogen-bond donors (Lipinski definition) is 2. The van der Waals surface area contributed by atoms with E-state index in [4.69, 9.17) is 5.73 Å². The Hall–Kier alpha value is -1.07. The summed E-state index contributed by atoms with van der Waals surface area (Å²) in [4.78, 5) is 0. The standard InChI is InChI=1S/C14H22N2O2S/c1-11-3-2-4-14(9-11)16-19(17,18)10-12-5-7-13(15)8-6-12/h5-8,11,14,16H,2-4,9-10,15H2,1H3. The van der Waals surface area contributed by atoms with E-state index in [9.17, 15) is 8.42 Å². The molecule has 106 valence electrons. The lowest BCUT2D eigenvalue weighted by atomic mass is 9.88. The Balaban J connectivity index is 1.96. The molecule has 0 saturated heterocycles. The Labute approximate surface area is 115 Å². The fraction of sp³-hybridized carbons (Fsp3) is 0.571. The maximum absolute atomic E-state index is 12.1. The minimum absolute atomic E-state index is 0.0260. The van der Waals surface area contributed by atoms with Gasteiger partial charge in [0.25, 0.3) is 0 Å². The Morgan fingerprint density at radius 3 is 2.58 bits per heavy atom. The van der Waals surface area contributed by atoms with E-state index in [0.717, 1.165) is 24.8 Å².